The summed E-state index contributed by atoms with van der Waals surface area (Å²) in [5.41, 5.74) is -0.889. The normalized spacial score (nSPS) is 19.8. The molecule has 0 saturated carbocycles. The lowest BCUT2D eigenvalue weighted by atomic mass is 9.96. The number of carbonyl (C=O) groups excluding carboxylic acids is 1. The molecule has 2 heterocycles. The Bertz CT molecular complexity index is 1050. The van der Waals surface area contributed by atoms with E-state index in [9.17, 15) is 23.1 Å². The third kappa shape index (κ3) is 6.55. The van der Waals surface area contributed by atoms with Crippen LogP contribution in [0.5, 0.6) is 5.75 Å². The Kier molecular flexibility index (Phi) is 7.71. The van der Waals surface area contributed by atoms with Gasteiger partial charge in [0.05, 0.1) is 12.7 Å². The Balaban J connectivity index is 1.35. The highest BCUT2D eigenvalue weighted by Gasteiger charge is 2.27. The lowest BCUT2D eigenvalue weighted by molar-refractivity contribution is 0.0764. The fraction of sp³-hybridized carbons (Fsp3) is 0.519. The molecule has 2 saturated heterocycles. The van der Waals surface area contributed by atoms with Crippen LogP contribution in [0.4, 0.5) is 13.2 Å². The zero-order chi connectivity index (χ0) is 25.2. The number of ether oxygens (including phenoxy) is 1. The minimum atomic E-state index is -1.21. The molecule has 2 aliphatic heterocycles. The van der Waals surface area contributed by atoms with Crippen molar-refractivity contribution in [1.82, 2.24) is 9.80 Å². The van der Waals surface area contributed by atoms with Gasteiger partial charge in [-0.3, -0.25) is 4.79 Å². The maximum atomic E-state index is 14.8. The van der Waals surface area contributed by atoms with Gasteiger partial charge in [0.2, 0.25) is 0 Å². The Labute approximate surface area is 204 Å². The second-order valence-electron chi connectivity index (χ2n) is 10.3. The highest BCUT2D eigenvalue weighted by molar-refractivity contribution is 5.95. The van der Waals surface area contributed by atoms with E-state index in [0.717, 1.165) is 32.0 Å². The molecule has 190 valence electrons. The molecule has 2 aromatic carbocycles. The number of aliphatic hydroxyl groups excluding tert-OH is 1. The van der Waals surface area contributed by atoms with E-state index in [0.29, 0.717) is 37.8 Å². The van der Waals surface area contributed by atoms with Crippen molar-refractivity contribution >= 4 is 5.91 Å². The van der Waals surface area contributed by atoms with Crippen molar-refractivity contribution in [1.29, 1.82) is 0 Å². The van der Waals surface area contributed by atoms with Crippen LogP contribution < -0.4 is 4.74 Å². The first-order valence-corrected chi connectivity index (χ1v) is 12.2. The van der Waals surface area contributed by atoms with Crippen LogP contribution in [0.15, 0.2) is 36.4 Å². The van der Waals surface area contributed by atoms with Crippen molar-refractivity contribution < 1.29 is 27.8 Å². The minimum absolute atomic E-state index is 0.0650. The molecule has 1 N–H and O–H groups in total. The van der Waals surface area contributed by atoms with Gasteiger partial charge in [-0.25, -0.2) is 13.2 Å². The number of rotatable bonds is 7. The molecule has 4 rings (SSSR count). The minimum Gasteiger partial charge on any atom is -0.493 e. The molecule has 5 nitrogen and oxygen atoms in total. The topological polar surface area (TPSA) is 53.0 Å². The van der Waals surface area contributed by atoms with Gasteiger partial charge >= 0.3 is 0 Å². The molecular formula is C27H33F3N2O3. The summed E-state index contributed by atoms with van der Waals surface area (Å²) in [6.45, 7) is 6.31. The third-order valence-corrected chi connectivity index (χ3v) is 6.69. The number of piperidine rings is 1. The van der Waals surface area contributed by atoms with Gasteiger partial charge in [-0.1, -0.05) is 6.07 Å². The van der Waals surface area contributed by atoms with E-state index >= 15 is 0 Å². The number of β-amino-alcohol motifs (C(OH)–C–C–N with tert-alkyl or cyclic N) is 1. The molecule has 2 aliphatic rings. The van der Waals surface area contributed by atoms with Crippen molar-refractivity contribution in [2.75, 3.05) is 39.3 Å². The monoisotopic (exact) mass is 490 g/mol. The summed E-state index contributed by atoms with van der Waals surface area (Å²) in [7, 11) is 0. The Morgan fingerprint density at radius 2 is 1.69 bits per heavy atom. The van der Waals surface area contributed by atoms with E-state index in [2.05, 4.69) is 4.90 Å². The van der Waals surface area contributed by atoms with Gasteiger partial charge in [-0.05, 0) is 76.4 Å². The highest BCUT2D eigenvalue weighted by atomic mass is 19.1. The Morgan fingerprint density at radius 1 is 1.03 bits per heavy atom. The fourth-order valence-corrected chi connectivity index (χ4v) is 4.84. The summed E-state index contributed by atoms with van der Waals surface area (Å²) in [4.78, 5) is 16.1. The first kappa shape index (κ1) is 25.5. The first-order valence-electron chi connectivity index (χ1n) is 12.2. The number of halogens is 3. The second-order valence-corrected chi connectivity index (χ2v) is 10.3. The van der Waals surface area contributed by atoms with E-state index in [1.165, 1.54) is 29.2 Å². The van der Waals surface area contributed by atoms with Crippen LogP contribution in [0, 0.1) is 17.6 Å². The molecule has 0 aromatic heterocycles. The number of carbonyl (C=O) groups is 1. The number of aliphatic hydroxyl groups is 1. The highest BCUT2D eigenvalue weighted by Crippen LogP contribution is 2.30. The summed E-state index contributed by atoms with van der Waals surface area (Å²) in [5, 5.41) is 9.62. The van der Waals surface area contributed by atoms with E-state index in [1.807, 2.05) is 0 Å². The van der Waals surface area contributed by atoms with Crippen molar-refractivity contribution in [3.05, 3.63) is 53.6 Å². The van der Waals surface area contributed by atoms with Crippen LogP contribution in [-0.2, 0) is 0 Å². The van der Waals surface area contributed by atoms with Crippen LogP contribution in [-0.4, -0.2) is 71.9 Å². The number of nitrogens with zero attached hydrogens (tertiary/aromatic N) is 2. The molecule has 1 atom stereocenters. The average molecular weight is 491 g/mol. The van der Waals surface area contributed by atoms with Crippen LogP contribution >= 0.6 is 0 Å². The zero-order valence-electron chi connectivity index (χ0n) is 20.3. The molecule has 35 heavy (non-hydrogen) atoms. The quantitative estimate of drug-likeness (QED) is 0.613. The summed E-state index contributed by atoms with van der Waals surface area (Å²) in [5.74, 6) is -0.959. The summed E-state index contributed by atoms with van der Waals surface area (Å²) in [6.07, 6.45) is 1.73. The Hall–Kier alpha value is -2.58. The number of benzene rings is 2. The predicted octanol–water partition coefficient (Wildman–Crippen LogP) is 4.68. The summed E-state index contributed by atoms with van der Waals surface area (Å²) in [6, 6.07) is 8.34. The van der Waals surface area contributed by atoms with Crippen molar-refractivity contribution in [2.45, 2.75) is 44.9 Å². The lowest BCUT2D eigenvalue weighted by Crippen LogP contribution is -2.41. The molecule has 2 aromatic rings. The average Bonchev–Trinajstić information content (AvgIpc) is 3.24. The SMILES string of the molecule is CC(C)(F)CN1CCC(COc2ccc(-c3ccc(C(=O)N4CC[C@H](O)C4)cc3F)c(F)c2)CC1. The van der Waals surface area contributed by atoms with Gasteiger partial charge < -0.3 is 19.6 Å². The van der Waals surface area contributed by atoms with E-state index in [4.69, 9.17) is 4.74 Å². The lowest BCUT2D eigenvalue weighted by Gasteiger charge is -2.34. The van der Waals surface area contributed by atoms with Crippen molar-refractivity contribution in [2.24, 2.45) is 5.92 Å². The molecule has 0 radical (unpaired) electrons. The molecule has 0 spiro atoms. The van der Waals surface area contributed by atoms with Gasteiger partial charge in [-0.2, -0.15) is 0 Å². The molecule has 0 bridgehead atoms. The largest absolute Gasteiger partial charge is 0.493 e. The number of amides is 1. The van der Waals surface area contributed by atoms with Gasteiger partial charge in [0.15, 0.2) is 0 Å². The second kappa shape index (κ2) is 10.6. The van der Waals surface area contributed by atoms with E-state index in [1.54, 1.807) is 19.9 Å². The maximum absolute atomic E-state index is 14.8. The fourth-order valence-electron chi connectivity index (χ4n) is 4.84. The maximum Gasteiger partial charge on any atom is 0.254 e. The molecular weight excluding hydrogens is 457 g/mol. The van der Waals surface area contributed by atoms with E-state index in [-0.39, 0.29) is 29.1 Å². The predicted molar refractivity (Wildman–Crippen MR) is 128 cm³/mol. The van der Waals surface area contributed by atoms with Crippen molar-refractivity contribution in [3.8, 4) is 16.9 Å². The Morgan fingerprint density at radius 3 is 2.26 bits per heavy atom. The van der Waals surface area contributed by atoms with Gasteiger partial charge in [0, 0.05) is 42.4 Å². The zero-order valence-corrected chi connectivity index (χ0v) is 20.3. The molecule has 0 aliphatic carbocycles. The smallest absolute Gasteiger partial charge is 0.254 e. The molecule has 8 heteroatoms. The number of hydrogen-bond acceptors (Lipinski definition) is 4. The first-order chi connectivity index (χ1) is 16.6. The summed E-state index contributed by atoms with van der Waals surface area (Å²) >= 11 is 0. The van der Waals surface area contributed by atoms with Gasteiger partial charge in [-0.15, -0.1) is 0 Å². The van der Waals surface area contributed by atoms with Crippen LogP contribution in [0.1, 0.15) is 43.5 Å². The number of hydrogen-bond donors (Lipinski definition) is 1. The van der Waals surface area contributed by atoms with Crippen LogP contribution in [0.2, 0.25) is 0 Å². The number of likely N-dealkylation sites (tertiary alicyclic amines) is 2. The standard InChI is InChI=1S/C27H33F3N2O3/c1-27(2,30)17-31-10-7-18(8-11-31)16-35-21-4-6-23(25(29)14-21)22-5-3-19(13-24(22)28)26(34)32-12-9-20(33)15-32/h3-6,13-14,18,20,33H,7-12,15-17H2,1-2H3/t20-/m0/s1. The van der Waals surface area contributed by atoms with Gasteiger partial charge in [0.1, 0.15) is 23.1 Å². The third-order valence-electron chi connectivity index (χ3n) is 6.69. The molecule has 2 fully saturated rings. The van der Waals surface area contributed by atoms with Gasteiger partial charge in [0.25, 0.3) is 5.91 Å². The van der Waals surface area contributed by atoms with E-state index < -0.39 is 23.4 Å². The molecule has 1 amide bonds. The molecule has 0 unspecified atom stereocenters. The summed E-state index contributed by atoms with van der Waals surface area (Å²) < 4.78 is 49.3. The van der Waals surface area contributed by atoms with Crippen LogP contribution in [0.25, 0.3) is 11.1 Å². The van der Waals surface area contributed by atoms with Crippen LogP contribution in [0.3, 0.4) is 0 Å². The van der Waals surface area contributed by atoms with Crippen molar-refractivity contribution in [3.63, 3.8) is 0 Å². The number of alkyl halides is 1.